The molecule has 178 valence electrons. The molecule has 1 aromatic heterocycles. The van der Waals surface area contributed by atoms with Crippen LogP contribution in [0, 0.1) is 0 Å². The lowest BCUT2D eigenvalue weighted by Gasteiger charge is -2.29. The van der Waals surface area contributed by atoms with Crippen LogP contribution in [0.25, 0.3) is 11.0 Å². The molecule has 0 bridgehead atoms. The monoisotopic (exact) mass is 486 g/mol. The highest BCUT2D eigenvalue weighted by atomic mass is 35.5. The smallest absolute Gasteiger partial charge is 0.246 e. The van der Waals surface area contributed by atoms with E-state index in [1.807, 2.05) is 70.1 Å². The molecule has 3 aromatic carbocycles. The van der Waals surface area contributed by atoms with E-state index in [1.54, 1.807) is 6.07 Å². The average molecular weight is 487 g/mol. The van der Waals surface area contributed by atoms with Crippen LogP contribution in [0.5, 0.6) is 0 Å². The Morgan fingerprint density at radius 3 is 2.63 bits per heavy atom. The number of nitrogens with zero attached hydrogens (tertiary/aromatic N) is 3. The normalized spacial score (nSPS) is 13.0. The fourth-order valence-electron chi connectivity index (χ4n) is 4.70. The zero-order valence-corrected chi connectivity index (χ0v) is 20.2. The molecule has 1 N–H and O–H groups in total. The van der Waals surface area contributed by atoms with Gasteiger partial charge in [0.2, 0.25) is 11.8 Å². The van der Waals surface area contributed by atoms with Gasteiger partial charge in [-0.1, -0.05) is 60.1 Å². The molecule has 1 aliphatic rings. The molecule has 0 saturated carbocycles. The summed E-state index contributed by atoms with van der Waals surface area (Å²) in [5, 5.41) is 3.55. The first-order chi connectivity index (χ1) is 17.1. The zero-order chi connectivity index (χ0) is 24.2. The van der Waals surface area contributed by atoms with E-state index in [4.69, 9.17) is 16.6 Å². The van der Waals surface area contributed by atoms with Crippen LogP contribution in [-0.2, 0) is 35.4 Å². The van der Waals surface area contributed by atoms with Crippen molar-refractivity contribution in [3.8, 4) is 0 Å². The van der Waals surface area contributed by atoms with Crippen LogP contribution in [-0.4, -0.2) is 34.5 Å². The van der Waals surface area contributed by atoms with Crippen LogP contribution in [0.3, 0.4) is 0 Å². The first-order valence-corrected chi connectivity index (χ1v) is 12.3. The van der Waals surface area contributed by atoms with Crippen LogP contribution in [0.4, 0.5) is 5.69 Å². The summed E-state index contributed by atoms with van der Waals surface area (Å²) in [7, 11) is 0. The maximum Gasteiger partial charge on any atom is 0.246 e. The Morgan fingerprint density at radius 2 is 1.74 bits per heavy atom. The predicted molar refractivity (Wildman–Crippen MR) is 139 cm³/mol. The highest BCUT2D eigenvalue weighted by Crippen LogP contribution is 2.27. The summed E-state index contributed by atoms with van der Waals surface area (Å²) >= 11 is 6.18. The van der Waals surface area contributed by atoms with Crippen molar-refractivity contribution in [3.05, 3.63) is 94.8 Å². The number of para-hydroxylation sites is 3. The molecule has 4 aromatic rings. The van der Waals surface area contributed by atoms with Gasteiger partial charge in [-0.15, -0.1) is 0 Å². The zero-order valence-electron chi connectivity index (χ0n) is 19.4. The second-order valence-corrected chi connectivity index (χ2v) is 9.16. The lowest BCUT2D eigenvalue weighted by atomic mass is 10.0. The molecule has 0 saturated heterocycles. The van der Waals surface area contributed by atoms with Crippen molar-refractivity contribution in [3.63, 3.8) is 0 Å². The molecule has 0 atom stereocenters. The molecule has 0 radical (unpaired) electrons. The topological polar surface area (TPSA) is 67.2 Å². The number of hydrogen-bond donors (Lipinski definition) is 1. The van der Waals surface area contributed by atoms with Crippen molar-refractivity contribution in [2.75, 3.05) is 18.0 Å². The molecular formula is C28H27ClN4O2. The fourth-order valence-corrected chi connectivity index (χ4v) is 4.90. The Labute approximate surface area is 209 Å². The van der Waals surface area contributed by atoms with Crippen molar-refractivity contribution >= 4 is 40.1 Å². The summed E-state index contributed by atoms with van der Waals surface area (Å²) in [6.07, 6.45) is 2.70. The number of rotatable bonds is 7. The van der Waals surface area contributed by atoms with Gasteiger partial charge >= 0.3 is 0 Å². The standard InChI is InChI=1S/C28H27ClN4O2/c29-22-11-3-1-9-21(22)18-27(34)30-16-15-26-31-23-12-4-6-14-25(23)33(26)19-28(35)32-17-7-10-20-8-2-5-13-24(20)32/h1-6,8-9,11-14H,7,10,15-19H2,(H,30,34). The molecular weight excluding hydrogens is 460 g/mol. The maximum atomic E-state index is 13.4. The number of halogens is 1. The highest BCUT2D eigenvalue weighted by Gasteiger charge is 2.24. The van der Waals surface area contributed by atoms with Gasteiger partial charge in [-0.2, -0.15) is 0 Å². The van der Waals surface area contributed by atoms with Gasteiger partial charge in [0, 0.05) is 30.2 Å². The largest absolute Gasteiger partial charge is 0.355 e. The van der Waals surface area contributed by atoms with Gasteiger partial charge in [0.25, 0.3) is 0 Å². The number of nitrogens with one attached hydrogen (secondary N) is 1. The summed E-state index contributed by atoms with van der Waals surface area (Å²) in [5.74, 6) is 0.731. The maximum absolute atomic E-state index is 13.4. The van der Waals surface area contributed by atoms with Gasteiger partial charge in [0.05, 0.1) is 17.5 Å². The first kappa shape index (κ1) is 23.1. The second kappa shape index (κ2) is 10.3. The van der Waals surface area contributed by atoms with Gasteiger partial charge < -0.3 is 14.8 Å². The van der Waals surface area contributed by atoms with E-state index in [0.29, 0.717) is 18.0 Å². The van der Waals surface area contributed by atoms with Gasteiger partial charge in [-0.3, -0.25) is 9.59 Å². The molecule has 0 spiro atoms. The summed E-state index contributed by atoms with van der Waals surface area (Å²) in [6, 6.07) is 23.3. The van der Waals surface area contributed by atoms with E-state index >= 15 is 0 Å². The van der Waals surface area contributed by atoms with E-state index in [2.05, 4.69) is 11.4 Å². The van der Waals surface area contributed by atoms with Crippen LogP contribution >= 0.6 is 11.6 Å². The summed E-state index contributed by atoms with van der Waals surface area (Å²) < 4.78 is 1.98. The molecule has 1 aliphatic heterocycles. The number of imidazole rings is 1. The number of anilines is 1. The minimum Gasteiger partial charge on any atom is -0.355 e. The van der Waals surface area contributed by atoms with E-state index in [0.717, 1.165) is 47.5 Å². The Morgan fingerprint density at radius 1 is 0.971 bits per heavy atom. The minimum atomic E-state index is -0.0956. The van der Waals surface area contributed by atoms with E-state index in [1.165, 1.54) is 5.56 Å². The quantitative estimate of drug-likeness (QED) is 0.416. The number of carbonyl (C=O) groups excluding carboxylic acids is 2. The number of hydrogen-bond acceptors (Lipinski definition) is 3. The summed E-state index contributed by atoms with van der Waals surface area (Å²) in [6.45, 7) is 1.35. The molecule has 0 unspecified atom stereocenters. The molecule has 7 heteroatoms. The van der Waals surface area contributed by atoms with E-state index in [-0.39, 0.29) is 24.8 Å². The Kier molecular flexibility index (Phi) is 6.82. The third kappa shape index (κ3) is 5.08. The van der Waals surface area contributed by atoms with Gasteiger partial charge in [0.1, 0.15) is 12.4 Å². The van der Waals surface area contributed by atoms with Crippen molar-refractivity contribution < 1.29 is 9.59 Å². The highest BCUT2D eigenvalue weighted by molar-refractivity contribution is 6.31. The number of carbonyl (C=O) groups is 2. The molecule has 5 rings (SSSR count). The lowest BCUT2D eigenvalue weighted by molar-refractivity contribution is -0.120. The van der Waals surface area contributed by atoms with Crippen molar-refractivity contribution in [2.24, 2.45) is 0 Å². The van der Waals surface area contributed by atoms with E-state index < -0.39 is 0 Å². The summed E-state index contributed by atoms with van der Waals surface area (Å²) in [4.78, 5) is 32.6. The number of amides is 2. The number of benzene rings is 3. The molecule has 0 aliphatic carbocycles. The van der Waals surface area contributed by atoms with Crippen molar-refractivity contribution in [1.29, 1.82) is 0 Å². The third-order valence-electron chi connectivity index (χ3n) is 6.42. The Bertz CT molecular complexity index is 1380. The molecule has 0 fully saturated rings. The Hall–Kier alpha value is -3.64. The van der Waals surface area contributed by atoms with Crippen LogP contribution in [0.15, 0.2) is 72.8 Å². The second-order valence-electron chi connectivity index (χ2n) is 8.75. The Balaban J connectivity index is 1.30. The summed E-state index contributed by atoms with van der Waals surface area (Å²) in [5.41, 5.74) is 4.78. The number of aryl methyl sites for hydroxylation is 1. The molecule has 6 nitrogen and oxygen atoms in total. The predicted octanol–water partition coefficient (Wildman–Crippen LogP) is 4.57. The molecule has 2 amide bonds. The first-order valence-electron chi connectivity index (χ1n) is 11.9. The molecule has 2 heterocycles. The van der Waals surface area contributed by atoms with Crippen LogP contribution < -0.4 is 10.2 Å². The van der Waals surface area contributed by atoms with E-state index in [9.17, 15) is 9.59 Å². The third-order valence-corrected chi connectivity index (χ3v) is 6.79. The van der Waals surface area contributed by atoms with Crippen molar-refractivity contribution in [2.45, 2.75) is 32.2 Å². The van der Waals surface area contributed by atoms with Crippen LogP contribution in [0.2, 0.25) is 5.02 Å². The van der Waals surface area contributed by atoms with Gasteiger partial charge in [-0.05, 0) is 48.2 Å². The average Bonchev–Trinajstić information content (AvgIpc) is 3.22. The number of aromatic nitrogens is 2. The van der Waals surface area contributed by atoms with Crippen molar-refractivity contribution in [1.82, 2.24) is 14.9 Å². The van der Waals surface area contributed by atoms with Gasteiger partial charge in [-0.25, -0.2) is 4.98 Å². The fraction of sp³-hybridized carbons (Fsp3) is 0.250. The molecule has 35 heavy (non-hydrogen) atoms. The number of fused-ring (bicyclic) bond motifs is 2. The lowest BCUT2D eigenvalue weighted by Crippen LogP contribution is -2.38. The van der Waals surface area contributed by atoms with Crippen LogP contribution in [0.1, 0.15) is 23.4 Å². The minimum absolute atomic E-state index is 0.0457. The van der Waals surface area contributed by atoms with Gasteiger partial charge in [0.15, 0.2) is 0 Å². The SMILES string of the molecule is O=C(Cc1ccccc1Cl)NCCc1nc2ccccc2n1CC(=O)N1CCCc2ccccc21.